The van der Waals surface area contributed by atoms with Gasteiger partial charge in [0.1, 0.15) is 0 Å². The molecule has 0 N–H and O–H groups in total. The fraction of sp³-hybridized carbons (Fsp3) is 0.400. The Morgan fingerprint density at radius 1 is 1.40 bits per heavy atom. The Bertz CT molecular complexity index is 170. The van der Waals surface area contributed by atoms with Crippen LogP contribution in [0.1, 0.15) is 26.2 Å². The summed E-state index contributed by atoms with van der Waals surface area (Å²) in [6, 6.07) is 0. The van der Waals surface area contributed by atoms with Crippen molar-refractivity contribution in [3.8, 4) is 0 Å². The molecule has 0 bridgehead atoms. The smallest absolute Gasteiger partial charge is 0.0279 e. The Morgan fingerprint density at radius 3 is 2.90 bits per heavy atom. The second kappa shape index (κ2) is 4.10. The molecule has 0 saturated carbocycles. The van der Waals surface area contributed by atoms with E-state index in [1.54, 1.807) is 0 Å². The van der Waals surface area contributed by atoms with Crippen LogP contribution in [0.5, 0.6) is 0 Å². The molecule has 0 unspecified atom stereocenters. The lowest BCUT2D eigenvalue weighted by molar-refractivity contribution is 0.916. The number of hydrogen-bond acceptors (Lipinski definition) is 0. The first kappa shape index (κ1) is 7.33. The van der Waals surface area contributed by atoms with E-state index in [0.29, 0.717) is 0 Å². The maximum Gasteiger partial charge on any atom is -0.0279 e. The monoisotopic (exact) mass is 134 g/mol. The van der Waals surface area contributed by atoms with Crippen molar-refractivity contribution < 1.29 is 0 Å². The molecule has 0 spiro atoms. The van der Waals surface area contributed by atoms with Crippen molar-refractivity contribution in [2.45, 2.75) is 26.2 Å². The molecule has 0 nitrogen and oxygen atoms in total. The van der Waals surface area contributed by atoms with E-state index >= 15 is 0 Å². The first-order valence-electron chi connectivity index (χ1n) is 3.92. The topological polar surface area (TPSA) is 0 Å². The van der Waals surface area contributed by atoms with E-state index in [1.165, 1.54) is 24.8 Å². The van der Waals surface area contributed by atoms with Crippen LogP contribution in [0.2, 0.25) is 0 Å². The maximum atomic E-state index is 2.32. The van der Waals surface area contributed by atoms with Crippen molar-refractivity contribution in [2.24, 2.45) is 0 Å². The summed E-state index contributed by atoms with van der Waals surface area (Å²) in [6.45, 7) is 2.04. The molecule has 0 heteroatoms. The van der Waals surface area contributed by atoms with Crippen LogP contribution in [0.3, 0.4) is 0 Å². The molecule has 0 aromatic carbocycles. The summed E-state index contributed by atoms with van der Waals surface area (Å²) >= 11 is 0. The van der Waals surface area contributed by atoms with Crippen LogP contribution in [0.25, 0.3) is 0 Å². The van der Waals surface area contributed by atoms with Crippen molar-refractivity contribution >= 4 is 0 Å². The standard InChI is InChI=1S/C10H14/c1-2-3-4-7-10-8-5-6-9-10/h2-4,7-8H,5-6,9H2,1H3. The molecule has 0 fully saturated rings. The summed E-state index contributed by atoms with van der Waals surface area (Å²) in [4.78, 5) is 0. The van der Waals surface area contributed by atoms with Crippen LogP contribution in [0, 0.1) is 0 Å². The SMILES string of the molecule is CC=CC=CC1=CCCC1. The molecule has 0 radical (unpaired) electrons. The fourth-order valence-corrected chi connectivity index (χ4v) is 1.14. The van der Waals surface area contributed by atoms with E-state index in [4.69, 9.17) is 0 Å². The van der Waals surface area contributed by atoms with Crippen molar-refractivity contribution in [2.75, 3.05) is 0 Å². The molecule has 0 aliphatic heterocycles. The van der Waals surface area contributed by atoms with E-state index in [0.717, 1.165) is 0 Å². The van der Waals surface area contributed by atoms with Crippen LogP contribution < -0.4 is 0 Å². The van der Waals surface area contributed by atoms with Gasteiger partial charge in [0.15, 0.2) is 0 Å². The van der Waals surface area contributed by atoms with Gasteiger partial charge in [0.25, 0.3) is 0 Å². The Kier molecular flexibility index (Phi) is 3.01. The summed E-state index contributed by atoms with van der Waals surface area (Å²) < 4.78 is 0. The summed E-state index contributed by atoms with van der Waals surface area (Å²) in [7, 11) is 0. The van der Waals surface area contributed by atoms with Gasteiger partial charge in [-0.05, 0) is 26.2 Å². The Morgan fingerprint density at radius 2 is 2.30 bits per heavy atom. The second-order valence-corrected chi connectivity index (χ2v) is 2.56. The predicted octanol–water partition coefficient (Wildman–Crippen LogP) is 3.23. The van der Waals surface area contributed by atoms with Gasteiger partial charge in [0.2, 0.25) is 0 Å². The van der Waals surface area contributed by atoms with Gasteiger partial charge in [-0.15, -0.1) is 0 Å². The minimum absolute atomic E-state index is 1.27. The van der Waals surface area contributed by atoms with Crippen molar-refractivity contribution in [3.05, 3.63) is 36.0 Å². The Labute approximate surface area is 62.9 Å². The lowest BCUT2D eigenvalue weighted by Gasteiger charge is -1.86. The molecule has 1 aliphatic rings. The predicted molar refractivity (Wildman–Crippen MR) is 45.9 cm³/mol. The Balaban J connectivity index is 2.36. The molecule has 54 valence electrons. The highest BCUT2D eigenvalue weighted by Crippen LogP contribution is 2.17. The third kappa shape index (κ3) is 2.22. The molecule has 0 aromatic rings. The number of allylic oxidation sites excluding steroid dienone is 6. The normalized spacial score (nSPS) is 19.1. The zero-order chi connectivity index (χ0) is 7.23. The molecule has 0 aromatic heterocycles. The van der Waals surface area contributed by atoms with Gasteiger partial charge in [0.05, 0.1) is 0 Å². The zero-order valence-corrected chi connectivity index (χ0v) is 6.51. The largest absolute Gasteiger partial charge is 0.0877 e. The average Bonchev–Trinajstić information content (AvgIpc) is 2.41. The van der Waals surface area contributed by atoms with E-state index in [2.05, 4.69) is 24.3 Å². The lowest BCUT2D eigenvalue weighted by atomic mass is 10.2. The van der Waals surface area contributed by atoms with Gasteiger partial charge in [-0.25, -0.2) is 0 Å². The van der Waals surface area contributed by atoms with Gasteiger partial charge in [-0.3, -0.25) is 0 Å². The number of rotatable bonds is 2. The van der Waals surface area contributed by atoms with Crippen LogP contribution in [0.4, 0.5) is 0 Å². The molecule has 0 amide bonds. The minimum atomic E-state index is 1.27. The number of hydrogen-bond donors (Lipinski definition) is 0. The zero-order valence-electron chi connectivity index (χ0n) is 6.51. The summed E-state index contributed by atoms with van der Waals surface area (Å²) in [6.07, 6.45) is 14.6. The fourth-order valence-electron chi connectivity index (χ4n) is 1.14. The molecule has 0 saturated heterocycles. The summed E-state index contributed by atoms with van der Waals surface area (Å²) in [5.74, 6) is 0. The molecule has 1 aliphatic carbocycles. The highest BCUT2D eigenvalue weighted by atomic mass is 14.0. The van der Waals surface area contributed by atoms with E-state index in [-0.39, 0.29) is 0 Å². The molecular formula is C10H14. The molecule has 1 rings (SSSR count). The van der Waals surface area contributed by atoms with Crippen LogP contribution >= 0.6 is 0 Å². The molecule has 0 atom stereocenters. The first-order valence-corrected chi connectivity index (χ1v) is 3.92. The maximum absolute atomic E-state index is 2.32. The summed E-state index contributed by atoms with van der Waals surface area (Å²) in [5, 5.41) is 0. The van der Waals surface area contributed by atoms with Crippen molar-refractivity contribution in [3.63, 3.8) is 0 Å². The third-order valence-corrected chi connectivity index (χ3v) is 1.69. The lowest BCUT2D eigenvalue weighted by Crippen LogP contribution is -1.66. The van der Waals surface area contributed by atoms with Gasteiger partial charge in [-0.1, -0.05) is 36.0 Å². The van der Waals surface area contributed by atoms with Crippen LogP contribution in [0.15, 0.2) is 36.0 Å². The van der Waals surface area contributed by atoms with E-state index < -0.39 is 0 Å². The average molecular weight is 134 g/mol. The molecular weight excluding hydrogens is 120 g/mol. The minimum Gasteiger partial charge on any atom is -0.0877 e. The summed E-state index contributed by atoms with van der Waals surface area (Å²) in [5.41, 5.74) is 1.50. The van der Waals surface area contributed by atoms with Gasteiger partial charge < -0.3 is 0 Å². The first-order chi connectivity index (χ1) is 4.93. The van der Waals surface area contributed by atoms with Crippen molar-refractivity contribution in [1.29, 1.82) is 0 Å². The molecule has 0 heterocycles. The highest BCUT2D eigenvalue weighted by Gasteiger charge is 1.98. The van der Waals surface area contributed by atoms with E-state index in [9.17, 15) is 0 Å². The van der Waals surface area contributed by atoms with Gasteiger partial charge in [-0.2, -0.15) is 0 Å². The van der Waals surface area contributed by atoms with Crippen molar-refractivity contribution in [1.82, 2.24) is 0 Å². The van der Waals surface area contributed by atoms with Gasteiger partial charge >= 0.3 is 0 Å². The Hall–Kier alpha value is -0.780. The highest BCUT2D eigenvalue weighted by molar-refractivity contribution is 5.24. The van der Waals surface area contributed by atoms with Crippen LogP contribution in [-0.4, -0.2) is 0 Å². The second-order valence-electron chi connectivity index (χ2n) is 2.56. The van der Waals surface area contributed by atoms with E-state index in [1.807, 2.05) is 13.0 Å². The van der Waals surface area contributed by atoms with Crippen LogP contribution in [-0.2, 0) is 0 Å². The molecule has 10 heavy (non-hydrogen) atoms. The third-order valence-electron chi connectivity index (χ3n) is 1.69. The quantitative estimate of drug-likeness (QED) is 0.509. The van der Waals surface area contributed by atoms with Gasteiger partial charge in [0, 0.05) is 0 Å².